The first-order valence-electron chi connectivity index (χ1n) is 9.12. The Balaban J connectivity index is 1.61. The zero-order valence-electron chi connectivity index (χ0n) is 14.8. The third-order valence-corrected chi connectivity index (χ3v) is 5.37. The fraction of sp³-hybridized carbons (Fsp3) is 0.450. The first-order valence-corrected chi connectivity index (χ1v) is 9.12. The standard InChI is InChI=1S/C20H23N3O3/c1-26-20-15(11-12-5-4-7-16(12)22-20)19(25)23-18(13-9-14(24)10-13)17-6-2-3-8-21-17/h2-3,6,8,11,13-14,18,24H,4-5,7,9-10H2,1H3,(H,23,25)/t13?,14?,18-/m1/s1. The van der Waals surface area contributed by atoms with E-state index in [4.69, 9.17) is 4.74 Å². The number of carbonyl (C=O) groups excluding carboxylic acids is 1. The fourth-order valence-electron chi connectivity index (χ4n) is 3.89. The zero-order valence-corrected chi connectivity index (χ0v) is 14.8. The van der Waals surface area contributed by atoms with Crippen molar-refractivity contribution >= 4 is 5.91 Å². The monoisotopic (exact) mass is 353 g/mol. The maximum atomic E-state index is 13.0. The van der Waals surface area contributed by atoms with Crippen LogP contribution in [0.1, 0.15) is 52.6 Å². The summed E-state index contributed by atoms with van der Waals surface area (Å²) in [6.07, 6.45) is 5.71. The lowest BCUT2D eigenvalue weighted by Crippen LogP contribution is -2.41. The summed E-state index contributed by atoms with van der Waals surface area (Å²) in [5, 5.41) is 12.8. The summed E-state index contributed by atoms with van der Waals surface area (Å²) in [6, 6.07) is 7.35. The van der Waals surface area contributed by atoms with E-state index in [2.05, 4.69) is 15.3 Å². The summed E-state index contributed by atoms with van der Waals surface area (Å²) in [7, 11) is 1.54. The van der Waals surface area contributed by atoms with Crippen molar-refractivity contribution in [2.45, 2.75) is 44.2 Å². The molecule has 2 N–H and O–H groups in total. The highest BCUT2D eigenvalue weighted by molar-refractivity contribution is 5.97. The van der Waals surface area contributed by atoms with Crippen LogP contribution in [0.2, 0.25) is 0 Å². The Kier molecular flexibility index (Phi) is 4.59. The van der Waals surface area contributed by atoms with Crippen LogP contribution in [0.3, 0.4) is 0 Å². The van der Waals surface area contributed by atoms with E-state index >= 15 is 0 Å². The molecule has 6 nitrogen and oxygen atoms in total. The highest BCUT2D eigenvalue weighted by atomic mass is 16.5. The molecule has 0 unspecified atom stereocenters. The van der Waals surface area contributed by atoms with E-state index in [9.17, 15) is 9.90 Å². The van der Waals surface area contributed by atoms with Gasteiger partial charge in [0.25, 0.3) is 5.91 Å². The normalized spacial score (nSPS) is 22.2. The summed E-state index contributed by atoms with van der Waals surface area (Å²) >= 11 is 0. The molecule has 2 heterocycles. The number of nitrogens with zero attached hydrogens (tertiary/aromatic N) is 2. The molecule has 1 atom stereocenters. The van der Waals surface area contributed by atoms with Crippen LogP contribution in [0.25, 0.3) is 0 Å². The van der Waals surface area contributed by atoms with Gasteiger partial charge in [-0.3, -0.25) is 9.78 Å². The van der Waals surface area contributed by atoms with E-state index in [0.717, 1.165) is 36.2 Å². The van der Waals surface area contributed by atoms with Gasteiger partial charge < -0.3 is 15.2 Å². The van der Waals surface area contributed by atoms with Gasteiger partial charge in [0, 0.05) is 11.9 Å². The Morgan fingerprint density at radius 1 is 1.35 bits per heavy atom. The van der Waals surface area contributed by atoms with E-state index in [1.807, 2.05) is 24.3 Å². The van der Waals surface area contributed by atoms with Crippen molar-refractivity contribution < 1.29 is 14.6 Å². The second-order valence-electron chi connectivity index (χ2n) is 7.10. The second-order valence-corrected chi connectivity index (χ2v) is 7.10. The minimum atomic E-state index is -0.292. The average molecular weight is 353 g/mol. The van der Waals surface area contributed by atoms with Gasteiger partial charge in [0.1, 0.15) is 5.56 Å². The Labute approximate surface area is 152 Å². The predicted octanol–water partition coefficient (Wildman–Crippen LogP) is 2.22. The number of ether oxygens (including phenoxy) is 1. The quantitative estimate of drug-likeness (QED) is 0.861. The molecule has 4 rings (SSSR count). The highest BCUT2D eigenvalue weighted by Gasteiger charge is 2.37. The third kappa shape index (κ3) is 3.17. The second kappa shape index (κ2) is 7.03. The lowest BCUT2D eigenvalue weighted by molar-refractivity contribution is 0.0228. The SMILES string of the molecule is COc1nc2c(cc1C(=O)N[C@@H](c1ccccn1)C1CC(O)C1)CCC2. The molecule has 0 spiro atoms. The molecular weight excluding hydrogens is 330 g/mol. The van der Waals surface area contributed by atoms with Crippen molar-refractivity contribution in [3.63, 3.8) is 0 Å². The molecular formula is C20H23N3O3. The minimum Gasteiger partial charge on any atom is -0.480 e. The largest absolute Gasteiger partial charge is 0.480 e. The number of hydrogen-bond acceptors (Lipinski definition) is 5. The van der Waals surface area contributed by atoms with E-state index < -0.39 is 0 Å². The minimum absolute atomic E-state index is 0.178. The van der Waals surface area contributed by atoms with Crippen molar-refractivity contribution in [2.24, 2.45) is 5.92 Å². The summed E-state index contributed by atoms with van der Waals surface area (Å²) < 4.78 is 5.37. The number of hydrogen-bond donors (Lipinski definition) is 2. The topological polar surface area (TPSA) is 84.3 Å². The number of rotatable bonds is 5. The molecule has 1 amide bonds. The Morgan fingerprint density at radius 3 is 2.88 bits per heavy atom. The predicted molar refractivity (Wildman–Crippen MR) is 96.0 cm³/mol. The number of amides is 1. The van der Waals surface area contributed by atoms with Crippen molar-refractivity contribution in [2.75, 3.05) is 7.11 Å². The van der Waals surface area contributed by atoms with Gasteiger partial charge >= 0.3 is 0 Å². The lowest BCUT2D eigenvalue weighted by Gasteiger charge is -2.37. The number of aromatic nitrogens is 2. The Hall–Kier alpha value is -2.47. The van der Waals surface area contributed by atoms with E-state index in [0.29, 0.717) is 24.3 Å². The van der Waals surface area contributed by atoms with E-state index in [1.54, 1.807) is 13.3 Å². The van der Waals surface area contributed by atoms with Gasteiger partial charge in [-0.25, -0.2) is 4.98 Å². The molecule has 6 heteroatoms. The number of aliphatic hydroxyl groups is 1. The van der Waals surface area contributed by atoms with Crippen LogP contribution < -0.4 is 10.1 Å². The summed E-state index contributed by atoms with van der Waals surface area (Å²) in [5.74, 6) is 0.342. The van der Waals surface area contributed by atoms with Crippen LogP contribution in [0.4, 0.5) is 0 Å². The molecule has 0 aliphatic heterocycles. The van der Waals surface area contributed by atoms with Crippen molar-refractivity contribution in [1.29, 1.82) is 0 Å². The molecule has 0 saturated heterocycles. The molecule has 0 radical (unpaired) electrons. The fourth-order valence-corrected chi connectivity index (χ4v) is 3.89. The Bertz CT molecular complexity index is 803. The van der Waals surface area contributed by atoms with Gasteiger partial charge in [-0.2, -0.15) is 0 Å². The number of pyridine rings is 2. The van der Waals surface area contributed by atoms with E-state index in [-0.39, 0.29) is 24.0 Å². The first kappa shape index (κ1) is 17.0. The van der Waals surface area contributed by atoms with Crippen LogP contribution in [-0.2, 0) is 12.8 Å². The van der Waals surface area contributed by atoms with Crippen LogP contribution in [0.5, 0.6) is 5.88 Å². The Morgan fingerprint density at radius 2 is 2.19 bits per heavy atom. The zero-order chi connectivity index (χ0) is 18.1. The number of carbonyl (C=O) groups is 1. The van der Waals surface area contributed by atoms with Gasteiger partial charge in [0.05, 0.1) is 24.9 Å². The molecule has 1 saturated carbocycles. The maximum absolute atomic E-state index is 13.0. The van der Waals surface area contributed by atoms with Crippen molar-refractivity contribution in [1.82, 2.24) is 15.3 Å². The van der Waals surface area contributed by atoms with E-state index in [1.165, 1.54) is 0 Å². The van der Waals surface area contributed by atoms with Crippen molar-refractivity contribution in [3.05, 3.63) is 53.0 Å². The molecule has 2 aromatic heterocycles. The maximum Gasteiger partial charge on any atom is 0.257 e. The smallest absolute Gasteiger partial charge is 0.257 e. The van der Waals surface area contributed by atoms with Gasteiger partial charge in [-0.15, -0.1) is 0 Å². The first-order chi connectivity index (χ1) is 12.7. The molecule has 136 valence electrons. The molecule has 2 aliphatic carbocycles. The van der Waals surface area contributed by atoms with Gasteiger partial charge in [0.2, 0.25) is 5.88 Å². The summed E-state index contributed by atoms with van der Waals surface area (Å²) in [4.78, 5) is 21.9. The van der Waals surface area contributed by atoms with Crippen molar-refractivity contribution in [3.8, 4) is 5.88 Å². The third-order valence-electron chi connectivity index (χ3n) is 5.37. The molecule has 2 aliphatic rings. The van der Waals surface area contributed by atoms with Gasteiger partial charge in [-0.05, 0) is 61.8 Å². The lowest BCUT2D eigenvalue weighted by atomic mass is 9.76. The molecule has 26 heavy (non-hydrogen) atoms. The average Bonchev–Trinajstić information content (AvgIpc) is 3.10. The van der Waals surface area contributed by atoms with Crippen LogP contribution in [0, 0.1) is 5.92 Å². The summed E-state index contributed by atoms with van der Waals surface area (Å²) in [5.41, 5.74) is 3.44. The number of fused-ring (bicyclic) bond motifs is 1. The van der Waals surface area contributed by atoms with Crippen LogP contribution >= 0.6 is 0 Å². The van der Waals surface area contributed by atoms with Crippen LogP contribution in [-0.4, -0.2) is 34.2 Å². The molecule has 0 aromatic carbocycles. The summed E-state index contributed by atoms with van der Waals surface area (Å²) in [6.45, 7) is 0. The van der Waals surface area contributed by atoms with Crippen LogP contribution in [0.15, 0.2) is 30.5 Å². The number of aliphatic hydroxyl groups excluding tert-OH is 1. The molecule has 0 bridgehead atoms. The highest BCUT2D eigenvalue weighted by Crippen LogP contribution is 2.38. The number of methoxy groups -OCH3 is 1. The molecule has 1 fully saturated rings. The van der Waals surface area contributed by atoms with Gasteiger partial charge in [0.15, 0.2) is 0 Å². The molecule has 2 aromatic rings. The van der Waals surface area contributed by atoms with Gasteiger partial charge in [-0.1, -0.05) is 6.07 Å². The number of aryl methyl sites for hydroxylation is 2. The number of nitrogens with one attached hydrogen (secondary N) is 1.